The highest BCUT2D eigenvalue weighted by Crippen LogP contribution is 2.16. The van der Waals surface area contributed by atoms with Gasteiger partial charge in [0.25, 0.3) is 0 Å². The molecule has 0 aliphatic heterocycles. The molecule has 0 aliphatic carbocycles. The van der Waals surface area contributed by atoms with Crippen molar-refractivity contribution in [2.24, 2.45) is 0 Å². The van der Waals surface area contributed by atoms with Crippen LogP contribution in [0.4, 0.5) is 4.79 Å². The van der Waals surface area contributed by atoms with Crippen molar-refractivity contribution in [3.8, 4) is 0 Å². The number of halogens is 2. The van der Waals surface area contributed by atoms with Crippen LogP contribution in [0.15, 0.2) is 0 Å². The van der Waals surface area contributed by atoms with Gasteiger partial charge in [0.1, 0.15) is 20.9 Å². The molecule has 0 fully saturated rings. The third-order valence-corrected chi connectivity index (χ3v) is 3.89. The van der Waals surface area contributed by atoms with Gasteiger partial charge in [-0.05, 0) is 86.7 Å². The average molecular weight is 563 g/mol. The second-order valence-corrected chi connectivity index (χ2v) is 9.28. The highest BCUT2D eigenvalue weighted by molar-refractivity contribution is 14.1. The van der Waals surface area contributed by atoms with Gasteiger partial charge in [-0.25, -0.2) is 14.6 Å². The maximum Gasteiger partial charge on any atom is 0.408 e. The lowest BCUT2D eigenvalue weighted by Crippen LogP contribution is -2.47. The lowest BCUT2D eigenvalue weighted by Gasteiger charge is -2.26. The first-order chi connectivity index (χ1) is 10.8. The number of hydrogen-bond acceptors (Lipinski definition) is 5. The van der Waals surface area contributed by atoms with Crippen LogP contribution < -0.4 is 5.32 Å². The molecule has 1 rings (SSSR count). The van der Waals surface area contributed by atoms with Crippen LogP contribution in [0.5, 0.6) is 0 Å². The molecule has 0 saturated heterocycles. The molecule has 0 radical (unpaired) electrons. The van der Waals surface area contributed by atoms with Gasteiger partial charge in [0, 0.05) is 6.42 Å². The lowest BCUT2D eigenvalue weighted by atomic mass is 10.1. The van der Waals surface area contributed by atoms with Gasteiger partial charge in [0.05, 0.1) is 5.69 Å². The van der Waals surface area contributed by atoms with Gasteiger partial charge in [-0.1, -0.05) is 0 Å². The highest BCUT2D eigenvalue weighted by atomic mass is 127. The fourth-order valence-corrected chi connectivity index (χ4v) is 3.34. The van der Waals surface area contributed by atoms with Crippen LogP contribution in [0.2, 0.25) is 0 Å². The number of aromatic amines is 1. The molecule has 24 heavy (non-hydrogen) atoms. The van der Waals surface area contributed by atoms with Crippen molar-refractivity contribution in [2.45, 2.75) is 65.2 Å². The summed E-state index contributed by atoms with van der Waals surface area (Å²) in [5.74, 6) is -0.520. The molecule has 0 unspecified atom stereocenters. The van der Waals surface area contributed by atoms with Crippen LogP contribution in [-0.2, 0) is 20.7 Å². The first-order valence-electron chi connectivity index (χ1n) is 7.39. The first-order valence-corrected chi connectivity index (χ1v) is 9.55. The molecule has 2 N–H and O–H groups in total. The van der Waals surface area contributed by atoms with Crippen molar-refractivity contribution >= 4 is 57.2 Å². The molecule has 0 saturated carbocycles. The number of carbonyl (C=O) groups excluding carboxylic acids is 2. The lowest BCUT2D eigenvalue weighted by molar-refractivity contribution is -0.157. The molecule has 1 heterocycles. The largest absolute Gasteiger partial charge is 0.458 e. The van der Waals surface area contributed by atoms with E-state index in [4.69, 9.17) is 9.47 Å². The minimum Gasteiger partial charge on any atom is -0.458 e. The number of carbonyl (C=O) groups is 2. The molecule has 0 aliphatic rings. The number of nitrogens with zero attached hydrogens (tertiary/aromatic N) is 1. The Morgan fingerprint density at radius 1 is 1.12 bits per heavy atom. The molecule has 7 nitrogen and oxygen atoms in total. The Morgan fingerprint density at radius 2 is 1.67 bits per heavy atom. The molecule has 1 aromatic rings. The fourth-order valence-electron chi connectivity index (χ4n) is 1.71. The maximum atomic E-state index is 12.5. The van der Waals surface area contributed by atoms with Crippen LogP contribution in [0.25, 0.3) is 0 Å². The van der Waals surface area contributed by atoms with Crippen LogP contribution in [0.1, 0.15) is 47.2 Å². The second-order valence-electron chi connectivity index (χ2n) is 7.23. The number of esters is 1. The molecule has 0 aromatic carbocycles. The van der Waals surface area contributed by atoms with Gasteiger partial charge >= 0.3 is 12.1 Å². The maximum absolute atomic E-state index is 12.5. The second kappa shape index (κ2) is 8.19. The Kier molecular flexibility index (Phi) is 7.32. The van der Waals surface area contributed by atoms with Crippen molar-refractivity contribution in [1.29, 1.82) is 0 Å². The van der Waals surface area contributed by atoms with Gasteiger partial charge in [-0.15, -0.1) is 0 Å². The average Bonchev–Trinajstić information content (AvgIpc) is 2.62. The Bertz CT molecular complexity index is 603. The summed E-state index contributed by atoms with van der Waals surface area (Å²) in [6, 6.07) is -0.871. The normalized spacial score (nSPS) is 13.3. The molecule has 0 spiro atoms. The van der Waals surface area contributed by atoms with Crippen LogP contribution in [-0.4, -0.2) is 39.3 Å². The number of ether oxygens (including phenoxy) is 2. The van der Waals surface area contributed by atoms with E-state index in [1.54, 1.807) is 41.5 Å². The van der Waals surface area contributed by atoms with E-state index in [-0.39, 0.29) is 6.42 Å². The Hall–Kier alpha value is -0.590. The van der Waals surface area contributed by atoms with Crippen molar-refractivity contribution in [3.05, 3.63) is 13.2 Å². The van der Waals surface area contributed by atoms with E-state index in [1.807, 2.05) is 0 Å². The number of H-pyrrole nitrogens is 1. The van der Waals surface area contributed by atoms with Gasteiger partial charge < -0.3 is 19.8 Å². The molecule has 1 aromatic heterocycles. The first kappa shape index (κ1) is 21.5. The Labute approximate surface area is 169 Å². The summed E-state index contributed by atoms with van der Waals surface area (Å²) >= 11 is 4.13. The van der Waals surface area contributed by atoms with Gasteiger partial charge in [0.15, 0.2) is 3.83 Å². The molecule has 1 amide bonds. The number of hydrogen-bond donors (Lipinski definition) is 2. The quantitative estimate of drug-likeness (QED) is 0.433. The highest BCUT2D eigenvalue weighted by Gasteiger charge is 2.30. The number of amides is 1. The number of rotatable bonds is 4. The monoisotopic (exact) mass is 563 g/mol. The predicted molar refractivity (Wildman–Crippen MR) is 107 cm³/mol. The summed E-state index contributed by atoms with van der Waals surface area (Å²) in [6.45, 7) is 10.6. The molecule has 136 valence electrons. The van der Waals surface area contributed by atoms with Crippen molar-refractivity contribution < 1.29 is 19.1 Å². The molecular weight excluding hydrogens is 540 g/mol. The summed E-state index contributed by atoms with van der Waals surface area (Å²) in [6.07, 6.45) is -0.426. The van der Waals surface area contributed by atoms with E-state index >= 15 is 0 Å². The van der Waals surface area contributed by atoms with E-state index in [9.17, 15) is 9.59 Å². The van der Waals surface area contributed by atoms with Crippen molar-refractivity contribution in [2.75, 3.05) is 0 Å². The molecule has 9 heteroatoms. The number of imidazole rings is 1. The molecule has 1 atom stereocenters. The van der Waals surface area contributed by atoms with E-state index in [2.05, 4.69) is 60.5 Å². The molecular formula is C15H23I2N3O4. The van der Waals surface area contributed by atoms with E-state index in [1.165, 1.54) is 0 Å². The fraction of sp³-hybridized carbons (Fsp3) is 0.667. The summed E-state index contributed by atoms with van der Waals surface area (Å²) < 4.78 is 12.1. The van der Waals surface area contributed by atoms with E-state index in [0.717, 1.165) is 9.39 Å². The Balaban J connectivity index is 2.92. The zero-order valence-corrected chi connectivity index (χ0v) is 18.9. The van der Waals surface area contributed by atoms with Gasteiger partial charge in [-0.2, -0.15) is 0 Å². The summed E-state index contributed by atoms with van der Waals surface area (Å²) in [4.78, 5) is 31.8. The third-order valence-electron chi connectivity index (χ3n) is 2.49. The number of alkyl carbamates (subject to hydrolysis) is 1. The number of aromatic nitrogens is 2. The van der Waals surface area contributed by atoms with Crippen LogP contribution >= 0.6 is 45.2 Å². The summed E-state index contributed by atoms with van der Waals surface area (Å²) in [5.41, 5.74) is -0.548. The van der Waals surface area contributed by atoms with Crippen molar-refractivity contribution in [1.82, 2.24) is 15.3 Å². The topological polar surface area (TPSA) is 93.3 Å². The third kappa shape index (κ3) is 7.99. The van der Waals surface area contributed by atoms with Gasteiger partial charge in [-0.3, -0.25) is 0 Å². The van der Waals surface area contributed by atoms with Gasteiger partial charge in [0.2, 0.25) is 0 Å². The van der Waals surface area contributed by atoms with Crippen LogP contribution in [0.3, 0.4) is 0 Å². The smallest absolute Gasteiger partial charge is 0.408 e. The van der Waals surface area contributed by atoms with Crippen molar-refractivity contribution in [3.63, 3.8) is 0 Å². The van der Waals surface area contributed by atoms with Crippen LogP contribution in [0, 0.1) is 7.53 Å². The predicted octanol–water partition coefficient (Wildman–Crippen LogP) is 3.40. The summed E-state index contributed by atoms with van der Waals surface area (Å²) in [7, 11) is 0. The summed E-state index contributed by atoms with van der Waals surface area (Å²) in [5, 5.41) is 2.59. The standard InChI is InChI=1S/C15H23I2N3O4/c1-14(2,3)23-11(21)9(19-13(22)24-15(4,5)6)7-8-10(16)20-12(17)18-8/h9H,7H2,1-6H3,(H,18,20)(H,19,22)/t9-/m0/s1. The zero-order valence-electron chi connectivity index (χ0n) is 14.6. The molecule has 0 bridgehead atoms. The number of nitrogens with one attached hydrogen (secondary N) is 2. The minimum atomic E-state index is -0.871. The zero-order chi connectivity index (χ0) is 18.7. The SMILES string of the molecule is CC(C)(C)OC(=O)N[C@@H](Cc1[nH]c(I)nc1I)C(=O)OC(C)(C)C. The van der Waals surface area contributed by atoms with E-state index in [0.29, 0.717) is 3.83 Å². The van der Waals surface area contributed by atoms with E-state index < -0.39 is 29.3 Å². The Morgan fingerprint density at radius 3 is 2.08 bits per heavy atom. The minimum absolute atomic E-state index is 0.239.